The van der Waals surface area contributed by atoms with E-state index in [0.717, 1.165) is 52.6 Å². The van der Waals surface area contributed by atoms with Crippen molar-refractivity contribution in [1.29, 1.82) is 0 Å². The van der Waals surface area contributed by atoms with E-state index in [9.17, 15) is 4.79 Å². The van der Waals surface area contributed by atoms with Gasteiger partial charge in [-0.25, -0.2) is 5.43 Å². The topological polar surface area (TPSA) is 85.5 Å². The summed E-state index contributed by atoms with van der Waals surface area (Å²) < 4.78 is 22.8. The molecular weight excluding hydrogens is 470 g/mol. The van der Waals surface area contributed by atoms with E-state index in [0.29, 0.717) is 32.3 Å². The number of methoxy groups -OCH3 is 1. The highest BCUT2D eigenvalue weighted by atomic mass is 16.5. The van der Waals surface area contributed by atoms with Crippen LogP contribution >= 0.6 is 0 Å². The Labute approximate surface area is 218 Å². The molecule has 1 N–H and O–H groups in total. The third kappa shape index (κ3) is 7.21. The minimum Gasteiger partial charge on any atom is -0.496 e. The zero-order chi connectivity index (χ0) is 26.2. The van der Waals surface area contributed by atoms with E-state index in [2.05, 4.69) is 54.4 Å². The molecule has 4 rings (SSSR count). The number of benzene rings is 2. The lowest BCUT2D eigenvalue weighted by molar-refractivity contribution is 0.0311. The van der Waals surface area contributed by atoms with Gasteiger partial charge < -0.3 is 18.6 Å². The first kappa shape index (κ1) is 26.4. The average Bonchev–Trinajstić information content (AvgIpc) is 3.36. The molecule has 3 aromatic rings. The number of nitrogens with zero attached hydrogens (tertiary/aromatic N) is 2. The summed E-state index contributed by atoms with van der Waals surface area (Å²) in [7, 11) is 1.63. The maximum absolute atomic E-state index is 12.5. The Hall–Kier alpha value is -3.62. The molecule has 2 aromatic carbocycles. The number of ether oxygens (including phenoxy) is 3. The molecule has 1 aromatic heterocycles. The fourth-order valence-electron chi connectivity index (χ4n) is 4.18. The van der Waals surface area contributed by atoms with Gasteiger partial charge in [0.2, 0.25) is 0 Å². The lowest BCUT2D eigenvalue weighted by Gasteiger charge is -2.25. The maximum Gasteiger partial charge on any atom is 0.307 e. The molecule has 1 aliphatic rings. The molecule has 0 saturated carbocycles. The van der Waals surface area contributed by atoms with Crippen LogP contribution in [0.2, 0.25) is 0 Å². The van der Waals surface area contributed by atoms with Crippen LogP contribution in [0, 0.1) is 6.92 Å². The van der Waals surface area contributed by atoms with Crippen LogP contribution in [-0.4, -0.2) is 50.4 Å². The molecule has 1 amide bonds. The SMILES string of the molecule is COc1ccc(C=NNC(=O)c2ccc(CN3CCOCC3)o2)cc1COc1cc(C)ccc1C(C)C. The summed E-state index contributed by atoms with van der Waals surface area (Å²) in [4.78, 5) is 14.7. The zero-order valence-electron chi connectivity index (χ0n) is 22.0. The molecule has 1 saturated heterocycles. The Kier molecular flexibility index (Phi) is 8.98. The van der Waals surface area contributed by atoms with E-state index in [1.54, 1.807) is 19.4 Å². The number of aryl methyl sites for hydroxylation is 1. The summed E-state index contributed by atoms with van der Waals surface area (Å²) in [5.74, 6) is 2.51. The Morgan fingerprint density at radius 2 is 1.92 bits per heavy atom. The van der Waals surface area contributed by atoms with Gasteiger partial charge in [-0.1, -0.05) is 26.0 Å². The van der Waals surface area contributed by atoms with E-state index < -0.39 is 5.91 Å². The average molecular weight is 506 g/mol. The summed E-state index contributed by atoms with van der Waals surface area (Å²) in [6, 6.07) is 15.4. The standard InChI is InChI=1S/C29H35N3O5/c1-20(2)25-8-5-21(3)15-28(25)36-19-23-16-22(6-9-26(23)34-4)17-30-31-29(33)27-10-7-24(37-27)18-32-11-13-35-14-12-32/h5-10,15-17,20H,11-14,18-19H2,1-4H3,(H,31,33). The molecule has 2 heterocycles. The highest BCUT2D eigenvalue weighted by Gasteiger charge is 2.15. The lowest BCUT2D eigenvalue weighted by atomic mass is 10.0. The van der Waals surface area contributed by atoms with Gasteiger partial charge in [-0.15, -0.1) is 0 Å². The van der Waals surface area contributed by atoms with Crippen LogP contribution in [0.15, 0.2) is 58.0 Å². The van der Waals surface area contributed by atoms with Crippen molar-refractivity contribution in [3.05, 3.63) is 82.3 Å². The van der Waals surface area contributed by atoms with Gasteiger partial charge in [0.05, 0.1) is 33.1 Å². The van der Waals surface area contributed by atoms with Crippen molar-refractivity contribution in [2.45, 2.75) is 39.8 Å². The summed E-state index contributed by atoms with van der Waals surface area (Å²) in [6.45, 7) is 10.5. The van der Waals surface area contributed by atoms with Crippen molar-refractivity contribution >= 4 is 12.1 Å². The summed E-state index contributed by atoms with van der Waals surface area (Å²) in [6.07, 6.45) is 1.59. The second kappa shape index (κ2) is 12.6. The number of carbonyl (C=O) groups excluding carboxylic acids is 1. The number of rotatable bonds is 10. The fourth-order valence-corrected chi connectivity index (χ4v) is 4.18. The molecule has 0 atom stereocenters. The van der Waals surface area contributed by atoms with E-state index in [1.807, 2.05) is 24.3 Å². The first-order valence-electron chi connectivity index (χ1n) is 12.6. The summed E-state index contributed by atoms with van der Waals surface area (Å²) in [5.41, 5.74) is 6.53. The molecule has 0 unspecified atom stereocenters. The Bertz CT molecular complexity index is 1230. The molecule has 0 spiro atoms. The van der Waals surface area contributed by atoms with Crippen molar-refractivity contribution in [3.63, 3.8) is 0 Å². The molecule has 0 radical (unpaired) electrons. The first-order valence-corrected chi connectivity index (χ1v) is 12.6. The predicted molar refractivity (Wildman–Crippen MR) is 142 cm³/mol. The van der Waals surface area contributed by atoms with Crippen LogP contribution in [-0.2, 0) is 17.9 Å². The van der Waals surface area contributed by atoms with E-state index in [4.69, 9.17) is 18.6 Å². The fraction of sp³-hybridized carbons (Fsp3) is 0.379. The molecule has 196 valence electrons. The number of hydrogen-bond donors (Lipinski definition) is 1. The second-order valence-electron chi connectivity index (χ2n) is 9.41. The lowest BCUT2D eigenvalue weighted by Crippen LogP contribution is -2.35. The Balaban J connectivity index is 1.37. The number of amides is 1. The van der Waals surface area contributed by atoms with Gasteiger partial charge in [0.25, 0.3) is 0 Å². The van der Waals surface area contributed by atoms with E-state index >= 15 is 0 Å². The van der Waals surface area contributed by atoms with Crippen LogP contribution in [0.25, 0.3) is 0 Å². The van der Waals surface area contributed by atoms with Crippen LogP contribution in [0.5, 0.6) is 11.5 Å². The van der Waals surface area contributed by atoms with Crippen LogP contribution in [0.3, 0.4) is 0 Å². The van der Waals surface area contributed by atoms with Gasteiger partial charge in [-0.05, 0) is 65.9 Å². The predicted octanol–water partition coefficient (Wildman–Crippen LogP) is 4.90. The minimum absolute atomic E-state index is 0.225. The Morgan fingerprint density at radius 3 is 2.68 bits per heavy atom. The van der Waals surface area contributed by atoms with Crippen molar-refractivity contribution in [3.8, 4) is 11.5 Å². The van der Waals surface area contributed by atoms with Gasteiger partial charge in [-0.3, -0.25) is 9.69 Å². The van der Waals surface area contributed by atoms with Crippen molar-refractivity contribution in [2.75, 3.05) is 33.4 Å². The quantitative estimate of drug-likeness (QED) is 0.312. The van der Waals surface area contributed by atoms with E-state index in [1.165, 1.54) is 0 Å². The van der Waals surface area contributed by atoms with Gasteiger partial charge in [0, 0.05) is 18.7 Å². The molecule has 0 aliphatic carbocycles. The van der Waals surface area contributed by atoms with Gasteiger partial charge in [0.1, 0.15) is 23.9 Å². The molecule has 1 aliphatic heterocycles. The number of furan rings is 1. The Morgan fingerprint density at radius 1 is 1.11 bits per heavy atom. The molecular formula is C29H35N3O5. The smallest absolute Gasteiger partial charge is 0.307 e. The maximum atomic E-state index is 12.5. The first-order chi connectivity index (χ1) is 17.9. The number of hydrazone groups is 1. The molecule has 8 nitrogen and oxygen atoms in total. The zero-order valence-corrected chi connectivity index (χ0v) is 22.0. The third-order valence-corrected chi connectivity index (χ3v) is 6.23. The van der Waals surface area contributed by atoms with Crippen molar-refractivity contribution in [1.82, 2.24) is 10.3 Å². The van der Waals surface area contributed by atoms with Gasteiger partial charge in [0.15, 0.2) is 5.76 Å². The van der Waals surface area contributed by atoms with Crippen LogP contribution < -0.4 is 14.9 Å². The molecule has 1 fully saturated rings. The van der Waals surface area contributed by atoms with Crippen molar-refractivity contribution in [2.24, 2.45) is 5.10 Å². The molecule has 0 bridgehead atoms. The molecule has 37 heavy (non-hydrogen) atoms. The second-order valence-corrected chi connectivity index (χ2v) is 9.41. The number of carbonyl (C=O) groups is 1. The normalized spacial score (nSPS) is 14.3. The molecule has 8 heteroatoms. The highest BCUT2D eigenvalue weighted by Crippen LogP contribution is 2.29. The summed E-state index contributed by atoms with van der Waals surface area (Å²) >= 11 is 0. The van der Waals surface area contributed by atoms with Gasteiger partial charge in [-0.2, -0.15) is 5.10 Å². The third-order valence-electron chi connectivity index (χ3n) is 6.23. The van der Waals surface area contributed by atoms with Crippen LogP contribution in [0.1, 0.15) is 58.3 Å². The van der Waals surface area contributed by atoms with E-state index in [-0.39, 0.29) is 5.76 Å². The minimum atomic E-state index is -0.401. The number of nitrogens with one attached hydrogen (secondary N) is 1. The monoisotopic (exact) mass is 505 g/mol. The van der Waals surface area contributed by atoms with Crippen molar-refractivity contribution < 1.29 is 23.4 Å². The van der Waals surface area contributed by atoms with Crippen LogP contribution in [0.4, 0.5) is 0 Å². The largest absolute Gasteiger partial charge is 0.496 e. The number of hydrogen-bond acceptors (Lipinski definition) is 7. The number of morpholine rings is 1. The van der Waals surface area contributed by atoms with Gasteiger partial charge >= 0.3 is 5.91 Å². The summed E-state index contributed by atoms with van der Waals surface area (Å²) in [5, 5.41) is 4.11. The highest BCUT2D eigenvalue weighted by molar-refractivity contribution is 5.92.